The molecular formula is C33H46N4O3S. The zero-order chi connectivity index (χ0) is 28.6. The number of amides is 2. The number of carbonyl (C=O) groups excluding carboxylic acids is 2. The lowest BCUT2D eigenvalue weighted by atomic mass is 9.48. The number of hydrogen-bond acceptors (Lipinski definition) is 6. The predicted octanol–water partition coefficient (Wildman–Crippen LogP) is 5.92. The van der Waals surface area contributed by atoms with Gasteiger partial charge in [0.2, 0.25) is 11.8 Å². The minimum absolute atomic E-state index is 0.194. The van der Waals surface area contributed by atoms with Crippen molar-refractivity contribution < 1.29 is 9.59 Å². The summed E-state index contributed by atoms with van der Waals surface area (Å²) in [6, 6.07) is 5.76. The van der Waals surface area contributed by atoms with E-state index in [0.717, 1.165) is 41.4 Å². The molecule has 8 heteroatoms. The van der Waals surface area contributed by atoms with E-state index in [2.05, 4.69) is 22.5 Å². The van der Waals surface area contributed by atoms with Crippen molar-refractivity contribution in [2.75, 3.05) is 12.3 Å². The fraction of sp³-hybridized carbons (Fsp3) is 0.697. The molecule has 0 radical (unpaired) electrons. The molecule has 1 unspecified atom stereocenters. The number of piperidine rings is 1. The zero-order valence-corrected chi connectivity index (χ0v) is 25.6. The maximum Gasteiger partial charge on any atom is 0.263 e. The Hall–Kier alpha value is -2.19. The highest BCUT2D eigenvalue weighted by molar-refractivity contribution is 7.99. The van der Waals surface area contributed by atoms with Gasteiger partial charge in [0, 0.05) is 17.4 Å². The normalized spacial score (nSPS) is 29.7. The first-order valence-corrected chi connectivity index (χ1v) is 17.0. The molecule has 1 aliphatic heterocycles. The number of thioether (sulfide) groups is 1. The molecule has 2 aromatic rings. The van der Waals surface area contributed by atoms with Crippen molar-refractivity contribution in [1.29, 1.82) is 0 Å². The molecule has 222 valence electrons. The molecule has 2 N–H and O–H groups in total. The summed E-state index contributed by atoms with van der Waals surface area (Å²) in [6.07, 6.45) is 15.6. The van der Waals surface area contributed by atoms with Crippen LogP contribution in [-0.4, -0.2) is 39.7 Å². The minimum Gasteiger partial charge on any atom is -0.314 e. The molecule has 2 atom stereocenters. The Kier molecular flexibility index (Phi) is 8.60. The Morgan fingerprint density at radius 2 is 1.71 bits per heavy atom. The summed E-state index contributed by atoms with van der Waals surface area (Å²) in [5, 5.41) is 6.88. The fourth-order valence-electron chi connectivity index (χ4n) is 8.92. The number of nitrogens with one attached hydrogen (secondary N) is 2. The van der Waals surface area contributed by atoms with Crippen molar-refractivity contribution >= 4 is 34.5 Å². The first-order valence-electron chi connectivity index (χ1n) is 16.0. The molecule has 5 aliphatic rings. The molecule has 2 amide bonds. The van der Waals surface area contributed by atoms with Gasteiger partial charge in [-0.3, -0.25) is 24.3 Å². The van der Waals surface area contributed by atoms with Gasteiger partial charge < -0.3 is 5.32 Å². The van der Waals surface area contributed by atoms with Gasteiger partial charge in [0.15, 0.2) is 0 Å². The highest BCUT2D eigenvalue weighted by atomic mass is 32.2. The first kappa shape index (κ1) is 28.9. The van der Waals surface area contributed by atoms with Crippen LogP contribution in [0.1, 0.15) is 102 Å². The average molecular weight is 579 g/mol. The third-order valence-corrected chi connectivity index (χ3v) is 11.8. The first-order chi connectivity index (χ1) is 19.8. The topological polar surface area (TPSA) is 93.1 Å². The quantitative estimate of drug-likeness (QED) is 0.185. The summed E-state index contributed by atoms with van der Waals surface area (Å²) in [6.45, 7) is 5.36. The van der Waals surface area contributed by atoms with Crippen LogP contribution in [-0.2, 0) is 9.59 Å². The van der Waals surface area contributed by atoms with Crippen LogP contribution in [0, 0.1) is 30.1 Å². The van der Waals surface area contributed by atoms with Gasteiger partial charge in [-0.25, -0.2) is 4.98 Å². The molecule has 4 bridgehead atoms. The molecule has 1 aromatic heterocycles. The van der Waals surface area contributed by atoms with Crippen LogP contribution in [0.2, 0.25) is 0 Å². The van der Waals surface area contributed by atoms with E-state index in [4.69, 9.17) is 0 Å². The summed E-state index contributed by atoms with van der Waals surface area (Å²) in [7, 11) is 0. The average Bonchev–Trinajstić information content (AvgIpc) is 2.92. The maximum atomic E-state index is 13.6. The van der Waals surface area contributed by atoms with Crippen LogP contribution in [0.4, 0.5) is 0 Å². The Bertz CT molecular complexity index is 1320. The second kappa shape index (κ2) is 12.2. The van der Waals surface area contributed by atoms with E-state index < -0.39 is 11.9 Å². The zero-order valence-electron chi connectivity index (χ0n) is 24.8. The summed E-state index contributed by atoms with van der Waals surface area (Å²) in [5.41, 5.74) is 1.06. The number of benzene rings is 1. The lowest BCUT2D eigenvalue weighted by molar-refractivity contribution is -0.135. The summed E-state index contributed by atoms with van der Waals surface area (Å²) in [5.74, 6) is 3.80. The molecule has 7 nitrogen and oxygen atoms in total. The van der Waals surface area contributed by atoms with Crippen molar-refractivity contribution in [2.24, 2.45) is 23.2 Å². The van der Waals surface area contributed by atoms with E-state index in [1.165, 1.54) is 68.8 Å². The number of unbranched alkanes of at least 4 members (excludes halogenated alkanes) is 4. The van der Waals surface area contributed by atoms with Gasteiger partial charge in [-0.1, -0.05) is 25.3 Å². The Balaban J connectivity index is 0.951. The summed E-state index contributed by atoms with van der Waals surface area (Å²) < 4.78 is 1.48. The van der Waals surface area contributed by atoms with Gasteiger partial charge in [0.05, 0.1) is 10.9 Å². The van der Waals surface area contributed by atoms with Crippen molar-refractivity contribution in [1.82, 2.24) is 20.2 Å². The van der Waals surface area contributed by atoms with Crippen LogP contribution in [0.15, 0.2) is 27.9 Å². The molecule has 1 aromatic carbocycles. The molecule has 2 heterocycles. The van der Waals surface area contributed by atoms with Gasteiger partial charge in [0.1, 0.15) is 11.9 Å². The van der Waals surface area contributed by atoms with E-state index in [1.807, 2.05) is 18.2 Å². The predicted molar refractivity (Wildman–Crippen MR) is 164 cm³/mol. The van der Waals surface area contributed by atoms with Crippen molar-refractivity contribution in [3.8, 4) is 0 Å². The van der Waals surface area contributed by atoms with Gasteiger partial charge in [-0.05, 0) is 119 Å². The van der Waals surface area contributed by atoms with E-state index in [-0.39, 0.29) is 17.9 Å². The van der Waals surface area contributed by atoms with E-state index in [1.54, 1.807) is 18.7 Å². The van der Waals surface area contributed by atoms with Crippen LogP contribution in [0.3, 0.4) is 0 Å². The molecular weight excluding hydrogens is 532 g/mol. The third-order valence-electron chi connectivity index (χ3n) is 10.6. The van der Waals surface area contributed by atoms with Crippen LogP contribution in [0.5, 0.6) is 0 Å². The highest BCUT2D eigenvalue weighted by Crippen LogP contribution is 2.61. The number of imide groups is 1. The molecule has 4 aliphatic carbocycles. The SMILES string of the molecule is Cc1nc2cccc(SCCCCCCCNC(C)C34CC5CC(CC(C5)C3)C4)c2c(=O)n1[C@H]1CCC(=O)NC1=O. The molecule has 7 rings (SSSR count). The van der Waals surface area contributed by atoms with Gasteiger partial charge in [0.25, 0.3) is 5.56 Å². The summed E-state index contributed by atoms with van der Waals surface area (Å²) in [4.78, 5) is 43.3. The number of rotatable bonds is 12. The van der Waals surface area contributed by atoms with Gasteiger partial charge >= 0.3 is 0 Å². The monoisotopic (exact) mass is 578 g/mol. The van der Waals surface area contributed by atoms with Gasteiger partial charge in [-0.15, -0.1) is 11.8 Å². The largest absolute Gasteiger partial charge is 0.314 e. The lowest BCUT2D eigenvalue weighted by Gasteiger charge is -2.59. The number of aromatic nitrogens is 2. The van der Waals surface area contributed by atoms with Crippen molar-refractivity contribution in [3.05, 3.63) is 34.4 Å². The van der Waals surface area contributed by atoms with Crippen molar-refractivity contribution in [3.63, 3.8) is 0 Å². The lowest BCUT2D eigenvalue weighted by Crippen LogP contribution is -2.54. The second-order valence-electron chi connectivity index (χ2n) is 13.5. The highest BCUT2D eigenvalue weighted by Gasteiger charge is 2.52. The smallest absolute Gasteiger partial charge is 0.263 e. The minimum atomic E-state index is -0.694. The van der Waals surface area contributed by atoms with Crippen LogP contribution < -0.4 is 16.2 Å². The molecule has 0 spiro atoms. The Morgan fingerprint density at radius 3 is 2.41 bits per heavy atom. The molecule has 4 saturated carbocycles. The number of aryl methyl sites for hydroxylation is 1. The van der Waals surface area contributed by atoms with Crippen molar-refractivity contribution in [2.45, 2.75) is 114 Å². The van der Waals surface area contributed by atoms with Crippen LogP contribution in [0.25, 0.3) is 10.9 Å². The fourth-order valence-corrected chi connectivity index (χ4v) is 10.0. The third kappa shape index (κ3) is 6.01. The Morgan fingerprint density at radius 1 is 1.02 bits per heavy atom. The van der Waals surface area contributed by atoms with Gasteiger partial charge in [-0.2, -0.15) is 0 Å². The molecule has 1 saturated heterocycles. The second-order valence-corrected chi connectivity index (χ2v) is 14.7. The molecule has 41 heavy (non-hydrogen) atoms. The summed E-state index contributed by atoms with van der Waals surface area (Å²) >= 11 is 1.71. The number of fused-ring (bicyclic) bond motifs is 1. The Labute approximate surface area is 248 Å². The van der Waals surface area contributed by atoms with E-state index >= 15 is 0 Å². The molecule has 5 fully saturated rings. The standard InChI is InChI=1S/C33H46N4O3S/c1-21(33-18-23-15-24(19-33)17-25(16-23)20-33)34-13-6-4-3-5-7-14-41-28-10-8-9-26-30(28)32(40)37(22(2)35-26)27-11-12-29(38)36-31(27)39/h8-10,21,23-25,27,34H,3-7,11-20H2,1-2H3,(H,36,38,39)/t21?,23?,24?,25?,27-,33?/m0/s1. The number of nitrogens with zero attached hydrogens (tertiary/aromatic N) is 2. The van der Waals surface area contributed by atoms with E-state index in [9.17, 15) is 14.4 Å². The van der Waals surface area contributed by atoms with Crippen LogP contribution >= 0.6 is 11.8 Å². The number of carbonyl (C=O) groups is 2. The van der Waals surface area contributed by atoms with E-state index in [0.29, 0.717) is 34.6 Å². The number of hydrogen-bond donors (Lipinski definition) is 2. The maximum absolute atomic E-state index is 13.6.